The predicted octanol–water partition coefficient (Wildman–Crippen LogP) is 2.78. The fraction of sp³-hybridized carbons (Fsp3) is 0.300. The SMILES string of the molecule is COC1CN(C(=O)Cc2ccc(F)cc2)N(C(=O)OCc2ccccc2)C1. The summed E-state index contributed by atoms with van der Waals surface area (Å²) in [4.78, 5) is 25.2. The molecule has 142 valence electrons. The van der Waals surface area contributed by atoms with Gasteiger partial charge < -0.3 is 9.47 Å². The summed E-state index contributed by atoms with van der Waals surface area (Å²) in [6, 6.07) is 15.0. The molecule has 2 aromatic rings. The van der Waals surface area contributed by atoms with E-state index in [1.807, 2.05) is 30.3 Å². The van der Waals surface area contributed by atoms with Crippen molar-refractivity contribution in [2.75, 3.05) is 20.2 Å². The predicted molar refractivity (Wildman–Crippen MR) is 95.9 cm³/mol. The van der Waals surface area contributed by atoms with Crippen molar-refractivity contribution >= 4 is 12.0 Å². The smallest absolute Gasteiger partial charge is 0.429 e. The molecule has 1 heterocycles. The van der Waals surface area contributed by atoms with Crippen molar-refractivity contribution in [1.82, 2.24) is 10.0 Å². The molecule has 7 heteroatoms. The highest BCUT2D eigenvalue weighted by atomic mass is 19.1. The Kier molecular flexibility index (Phi) is 6.03. The molecule has 2 aromatic carbocycles. The maximum absolute atomic E-state index is 13.0. The van der Waals surface area contributed by atoms with E-state index in [0.29, 0.717) is 5.56 Å². The second-order valence-electron chi connectivity index (χ2n) is 6.26. The van der Waals surface area contributed by atoms with Crippen LogP contribution < -0.4 is 0 Å². The van der Waals surface area contributed by atoms with Crippen LogP contribution >= 0.6 is 0 Å². The van der Waals surface area contributed by atoms with Crippen LogP contribution in [0.3, 0.4) is 0 Å². The number of carbonyl (C=O) groups excluding carboxylic acids is 2. The Hall–Kier alpha value is -2.93. The van der Waals surface area contributed by atoms with Crippen LogP contribution in [0.1, 0.15) is 11.1 Å². The first-order valence-corrected chi connectivity index (χ1v) is 8.62. The maximum Gasteiger partial charge on any atom is 0.429 e. The van der Waals surface area contributed by atoms with Gasteiger partial charge in [-0.25, -0.2) is 19.2 Å². The second kappa shape index (κ2) is 8.64. The van der Waals surface area contributed by atoms with Crippen molar-refractivity contribution in [3.63, 3.8) is 0 Å². The van der Waals surface area contributed by atoms with E-state index in [-0.39, 0.29) is 43.9 Å². The lowest BCUT2D eigenvalue weighted by molar-refractivity contribution is -0.141. The molecule has 0 spiro atoms. The molecule has 0 N–H and O–H groups in total. The highest BCUT2D eigenvalue weighted by Crippen LogP contribution is 2.18. The summed E-state index contributed by atoms with van der Waals surface area (Å²) in [5.74, 6) is -0.643. The summed E-state index contributed by atoms with van der Waals surface area (Å²) in [5.41, 5.74) is 1.53. The molecule has 1 fully saturated rings. The number of amides is 2. The fourth-order valence-corrected chi connectivity index (χ4v) is 2.86. The quantitative estimate of drug-likeness (QED) is 0.810. The molecule has 3 rings (SSSR count). The Morgan fingerprint density at radius 3 is 2.33 bits per heavy atom. The summed E-state index contributed by atoms with van der Waals surface area (Å²) < 4.78 is 23.7. The monoisotopic (exact) mass is 372 g/mol. The highest BCUT2D eigenvalue weighted by molar-refractivity contribution is 5.81. The molecule has 1 atom stereocenters. The molecule has 1 unspecified atom stereocenters. The Labute approximate surface area is 157 Å². The molecule has 27 heavy (non-hydrogen) atoms. The van der Waals surface area contributed by atoms with E-state index in [1.165, 1.54) is 29.3 Å². The van der Waals surface area contributed by atoms with E-state index in [4.69, 9.17) is 9.47 Å². The minimum Gasteiger partial charge on any atom is -0.443 e. The Balaban J connectivity index is 1.65. The molecule has 0 aliphatic carbocycles. The van der Waals surface area contributed by atoms with E-state index in [0.717, 1.165) is 5.56 Å². The zero-order chi connectivity index (χ0) is 19.2. The van der Waals surface area contributed by atoms with E-state index in [9.17, 15) is 14.0 Å². The topological polar surface area (TPSA) is 59.1 Å². The molecule has 1 aliphatic heterocycles. The van der Waals surface area contributed by atoms with Gasteiger partial charge in [0.2, 0.25) is 5.91 Å². The van der Waals surface area contributed by atoms with Gasteiger partial charge in [-0.3, -0.25) is 4.79 Å². The van der Waals surface area contributed by atoms with Gasteiger partial charge in [-0.1, -0.05) is 42.5 Å². The minimum atomic E-state index is -0.606. The average molecular weight is 372 g/mol. The number of hydrogen-bond donors (Lipinski definition) is 0. The maximum atomic E-state index is 13.0. The molecule has 0 saturated carbocycles. The van der Waals surface area contributed by atoms with Crippen LogP contribution in [0.4, 0.5) is 9.18 Å². The third-order valence-electron chi connectivity index (χ3n) is 4.35. The van der Waals surface area contributed by atoms with Crippen LogP contribution in [0, 0.1) is 5.82 Å². The minimum absolute atomic E-state index is 0.0547. The summed E-state index contributed by atoms with van der Waals surface area (Å²) in [6.07, 6.45) is -0.837. The van der Waals surface area contributed by atoms with Gasteiger partial charge >= 0.3 is 6.09 Å². The van der Waals surface area contributed by atoms with Gasteiger partial charge in [0, 0.05) is 7.11 Å². The van der Waals surface area contributed by atoms with Crippen molar-refractivity contribution < 1.29 is 23.5 Å². The molecule has 0 bridgehead atoms. The molecule has 0 radical (unpaired) electrons. The van der Waals surface area contributed by atoms with Crippen molar-refractivity contribution in [1.29, 1.82) is 0 Å². The Morgan fingerprint density at radius 1 is 1.00 bits per heavy atom. The van der Waals surface area contributed by atoms with E-state index >= 15 is 0 Å². The normalized spacial score (nSPS) is 16.4. The molecular formula is C20H21FN2O4. The van der Waals surface area contributed by atoms with Crippen LogP contribution in [-0.2, 0) is 27.3 Å². The summed E-state index contributed by atoms with van der Waals surface area (Å²) in [7, 11) is 1.53. The largest absolute Gasteiger partial charge is 0.443 e. The van der Waals surface area contributed by atoms with Crippen LogP contribution in [0.15, 0.2) is 54.6 Å². The molecule has 6 nitrogen and oxygen atoms in total. The van der Waals surface area contributed by atoms with Gasteiger partial charge in [-0.05, 0) is 23.3 Å². The first-order chi connectivity index (χ1) is 13.1. The van der Waals surface area contributed by atoms with Gasteiger partial charge in [0.1, 0.15) is 12.4 Å². The third kappa shape index (κ3) is 4.83. The Morgan fingerprint density at radius 2 is 1.67 bits per heavy atom. The number of rotatable bonds is 5. The van der Waals surface area contributed by atoms with Crippen molar-refractivity contribution in [3.05, 3.63) is 71.5 Å². The molecule has 2 amide bonds. The van der Waals surface area contributed by atoms with Crippen LogP contribution in [0.5, 0.6) is 0 Å². The van der Waals surface area contributed by atoms with Crippen molar-refractivity contribution in [3.8, 4) is 0 Å². The molecular weight excluding hydrogens is 351 g/mol. The van der Waals surface area contributed by atoms with Gasteiger partial charge in [0.15, 0.2) is 0 Å². The number of halogens is 1. The van der Waals surface area contributed by atoms with Gasteiger partial charge in [-0.15, -0.1) is 0 Å². The molecule has 1 saturated heterocycles. The number of hydrazine groups is 1. The van der Waals surface area contributed by atoms with Gasteiger partial charge in [0.25, 0.3) is 0 Å². The number of benzene rings is 2. The van der Waals surface area contributed by atoms with Gasteiger partial charge in [-0.2, -0.15) is 0 Å². The first-order valence-electron chi connectivity index (χ1n) is 8.62. The van der Waals surface area contributed by atoms with E-state index in [1.54, 1.807) is 12.1 Å². The van der Waals surface area contributed by atoms with E-state index in [2.05, 4.69) is 0 Å². The van der Waals surface area contributed by atoms with Crippen LogP contribution in [0.2, 0.25) is 0 Å². The lowest BCUT2D eigenvalue weighted by Gasteiger charge is -2.26. The summed E-state index contributed by atoms with van der Waals surface area (Å²) in [5, 5.41) is 2.60. The number of methoxy groups -OCH3 is 1. The lowest BCUT2D eigenvalue weighted by Crippen LogP contribution is -2.45. The molecule has 0 aromatic heterocycles. The zero-order valence-corrected chi connectivity index (χ0v) is 15.0. The summed E-state index contributed by atoms with van der Waals surface area (Å²) >= 11 is 0. The zero-order valence-electron chi connectivity index (χ0n) is 15.0. The first kappa shape index (κ1) is 18.8. The molecule has 1 aliphatic rings. The van der Waals surface area contributed by atoms with Crippen LogP contribution in [-0.4, -0.2) is 48.3 Å². The number of nitrogens with zero attached hydrogens (tertiary/aromatic N) is 2. The standard InChI is InChI=1S/C20H21FN2O4/c1-26-18-12-22(19(24)11-15-7-9-17(21)10-8-15)23(13-18)20(25)27-14-16-5-3-2-4-6-16/h2-10,18H,11-14H2,1H3. The van der Waals surface area contributed by atoms with Crippen molar-refractivity contribution in [2.24, 2.45) is 0 Å². The van der Waals surface area contributed by atoms with E-state index < -0.39 is 6.09 Å². The van der Waals surface area contributed by atoms with Crippen LogP contribution in [0.25, 0.3) is 0 Å². The number of carbonyl (C=O) groups is 2. The number of ether oxygens (including phenoxy) is 2. The third-order valence-corrected chi connectivity index (χ3v) is 4.35. The lowest BCUT2D eigenvalue weighted by atomic mass is 10.1. The Bertz CT molecular complexity index is 782. The second-order valence-corrected chi connectivity index (χ2v) is 6.26. The van der Waals surface area contributed by atoms with Gasteiger partial charge in [0.05, 0.1) is 25.6 Å². The number of hydrogen-bond acceptors (Lipinski definition) is 4. The highest BCUT2D eigenvalue weighted by Gasteiger charge is 2.37. The fourth-order valence-electron chi connectivity index (χ4n) is 2.86. The van der Waals surface area contributed by atoms with Crippen molar-refractivity contribution in [2.45, 2.75) is 19.1 Å². The average Bonchev–Trinajstić information content (AvgIpc) is 3.13. The summed E-state index contributed by atoms with van der Waals surface area (Å²) in [6.45, 7) is 0.615.